The summed E-state index contributed by atoms with van der Waals surface area (Å²) in [5.74, 6) is -0.360. The molecule has 4 aromatic rings. The van der Waals surface area contributed by atoms with Crippen LogP contribution < -0.4 is 5.43 Å². The highest BCUT2D eigenvalue weighted by Crippen LogP contribution is 2.27. The molecule has 29 heavy (non-hydrogen) atoms. The van der Waals surface area contributed by atoms with E-state index in [1.807, 2.05) is 79.2 Å². The van der Waals surface area contributed by atoms with Gasteiger partial charge in [0.25, 0.3) is 5.91 Å². The lowest BCUT2D eigenvalue weighted by atomic mass is 10.1. The standard InChI is InChI=1S/C22H20N6O/c1-15-21(16(2)28(27-15)18-11-7-4-8-12-18)19-13-20(25-24-19)22(29)26-23-14-17-9-5-3-6-10-17/h3-14H,1-2H3,(H,24,25)(H,26,29)/b23-14-. The molecule has 0 spiro atoms. The molecule has 2 aromatic carbocycles. The van der Waals surface area contributed by atoms with Crippen molar-refractivity contribution in [3.05, 3.63) is 89.4 Å². The maximum atomic E-state index is 12.4. The molecule has 4 rings (SSSR count). The first kappa shape index (κ1) is 18.4. The highest BCUT2D eigenvalue weighted by Gasteiger charge is 2.18. The fourth-order valence-corrected chi connectivity index (χ4v) is 3.16. The van der Waals surface area contributed by atoms with E-state index in [0.717, 1.165) is 28.2 Å². The van der Waals surface area contributed by atoms with E-state index >= 15 is 0 Å². The number of carbonyl (C=O) groups excluding carboxylic acids is 1. The molecule has 0 bridgehead atoms. The van der Waals surface area contributed by atoms with Crippen LogP contribution in [0.4, 0.5) is 0 Å². The Balaban J connectivity index is 1.54. The molecule has 2 N–H and O–H groups in total. The van der Waals surface area contributed by atoms with Gasteiger partial charge in [0.2, 0.25) is 0 Å². The lowest BCUT2D eigenvalue weighted by molar-refractivity contribution is 0.0950. The second-order valence-electron chi connectivity index (χ2n) is 6.57. The number of aromatic nitrogens is 4. The summed E-state index contributed by atoms with van der Waals surface area (Å²) in [5.41, 5.74) is 8.08. The number of amides is 1. The zero-order valence-corrected chi connectivity index (χ0v) is 16.1. The Morgan fingerprint density at radius 1 is 1.07 bits per heavy atom. The van der Waals surface area contributed by atoms with E-state index in [1.54, 1.807) is 12.3 Å². The largest absolute Gasteiger partial charge is 0.289 e. The number of nitrogens with one attached hydrogen (secondary N) is 2. The average molecular weight is 384 g/mol. The summed E-state index contributed by atoms with van der Waals surface area (Å²) in [7, 11) is 0. The molecular weight excluding hydrogens is 364 g/mol. The first-order chi connectivity index (χ1) is 14.1. The van der Waals surface area contributed by atoms with Gasteiger partial charge in [-0.1, -0.05) is 48.5 Å². The second-order valence-corrected chi connectivity index (χ2v) is 6.57. The van der Waals surface area contributed by atoms with Gasteiger partial charge >= 0.3 is 0 Å². The van der Waals surface area contributed by atoms with Crippen molar-refractivity contribution in [2.45, 2.75) is 13.8 Å². The third kappa shape index (κ3) is 3.84. The Bertz CT molecular complexity index is 1160. The minimum Gasteiger partial charge on any atom is -0.272 e. The van der Waals surface area contributed by atoms with Crippen LogP contribution in [0.3, 0.4) is 0 Å². The Hall–Kier alpha value is -4.00. The molecule has 0 aliphatic rings. The Labute approximate surface area is 168 Å². The molecule has 2 aromatic heterocycles. The molecule has 0 aliphatic carbocycles. The molecule has 0 fully saturated rings. The summed E-state index contributed by atoms with van der Waals surface area (Å²) in [4.78, 5) is 12.4. The van der Waals surface area contributed by atoms with Gasteiger partial charge in [-0.15, -0.1) is 0 Å². The van der Waals surface area contributed by atoms with Gasteiger partial charge in [0, 0.05) is 5.56 Å². The molecule has 0 saturated carbocycles. The quantitative estimate of drug-likeness (QED) is 0.407. The van der Waals surface area contributed by atoms with Crippen LogP contribution in [0.5, 0.6) is 0 Å². The average Bonchev–Trinajstić information content (AvgIpc) is 3.33. The number of carbonyl (C=O) groups is 1. The predicted octanol–water partition coefficient (Wildman–Crippen LogP) is 3.64. The fraction of sp³-hybridized carbons (Fsp3) is 0.0909. The van der Waals surface area contributed by atoms with Gasteiger partial charge < -0.3 is 0 Å². The summed E-state index contributed by atoms with van der Waals surface area (Å²) in [6.07, 6.45) is 1.59. The van der Waals surface area contributed by atoms with Crippen molar-refractivity contribution in [3.63, 3.8) is 0 Å². The van der Waals surface area contributed by atoms with Crippen LogP contribution in [0.2, 0.25) is 0 Å². The number of nitrogens with zero attached hydrogens (tertiary/aromatic N) is 4. The number of hydrazone groups is 1. The first-order valence-electron chi connectivity index (χ1n) is 9.19. The van der Waals surface area contributed by atoms with E-state index < -0.39 is 0 Å². The Morgan fingerprint density at radius 2 is 1.76 bits per heavy atom. The van der Waals surface area contributed by atoms with E-state index in [1.165, 1.54) is 0 Å². The molecule has 1 amide bonds. The summed E-state index contributed by atoms with van der Waals surface area (Å²) < 4.78 is 1.88. The van der Waals surface area contributed by atoms with Crippen LogP contribution in [-0.4, -0.2) is 32.1 Å². The van der Waals surface area contributed by atoms with Crippen molar-refractivity contribution in [2.24, 2.45) is 5.10 Å². The van der Waals surface area contributed by atoms with Gasteiger partial charge in [-0.25, -0.2) is 10.1 Å². The number of hydrogen-bond acceptors (Lipinski definition) is 4. The third-order valence-corrected chi connectivity index (χ3v) is 4.55. The maximum absolute atomic E-state index is 12.4. The van der Waals surface area contributed by atoms with Crippen LogP contribution in [0.15, 0.2) is 71.8 Å². The van der Waals surface area contributed by atoms with E-state index in [9.17, 15) is 4.79 Å². The number of H-pyrrole nitrogens is 1. The van der Waals surface area contributed by atoms with Gasteiger partial charge in [-0.05, 0) is 37.6 Å². The van der Waals surface area contributed by atoms with E-state index in [0.29, 0.717) is 11.4 Å². The van der Waals surface area contributed by atoms with E-state index in [2.05, 4.69) is 25.8 Å². The number of rotatable bonds is 5. The zero-order chi connectivity index (χ0) is 20.2. The van der Waals surface area contributed by atoms with E-state index in [4.69, 9.17) is 0 Å². The van der Waals surface area contributed by atoms with Crippen molar-refractivity contribution < 1.29 is 4.79 Å². The minimum atomic E-state index is -0.360. The minimum absolute atomic E-state index is 0.330. The number of aromatic amines is 1. The third-order valence-electron chi connectivity index (χ3n) is 4.55. The second kappa shape index (κ2) is 7.93. The van der Waals surface area contributed by atoms with Crippen LogP contribution in [0, 0.1) is 13.8 Å². The summed E-state index contributed by atoms with van der Waals surface area (Å²) >= 11 is 0. The van der Waals surface area contributed by atoms with Gasteiger partial charge in [0.1, 0.15) is 5.69 Å². The van der Waals surface area contributed by atoms with E-state index in [-0.39, 0.29) is 5.91 Å². The smallest absolute Gasteiger partial charge is 0.272 e. The van der Waals surface area contributed by atoms with Gasteiger partial charge in [-0.3, -0.25) is 9.89 Å². The molecule has 0 saturated heterocycles. The first-order valence-corrected chi connectivity index (χ1v) is 9.19. The summed E-state index contributed by atoms with van der Waals surface area (Å²) in [6, 6.07) is 21.2. The monoisotopic (exact) mass is 384 g/mol. The summed E-state index contributed by atoms with van der Waals surface area (Å²) in [6.45, 7) is 3.92. The molecule has 0 atom stereocenters. The van der Waals surface area contributed by atoms with Crippen molar-refractivity contribution in [2.75, 3.05) is 0 Å². The van der Waals surface area contributed by atoms with Crippen LogP contribution in [0.25, 0.3) is 16.9 Å². The number of hydrogen-bond donors (Lipinski definition) is 2. The lowest BCUT2D eigenvalue weighted by Gasteiger charge is -2.04. The molecule has 0 radical (unpaired) electrons. The molecule has 0 unspecified atom stereocenters. The highest BCUT2D eigenvalue weighted by molar-refractivity contribution is 5.94. The van der Waals surface area contributed by atoms with Gasteiger partial charge in [0.15, 0.2) is 0 Å². The summed E-state index contributed by atoms with van der Waals surface area (Å²) in [5, 5.41) is 15.7. The van der Waals surface area contributed by atoms with Crippen LogP contribution in [0.1, 0.15) is 27.4 Å². The highest BCUT2D eigenvalue weighted by atomic mass is 16.2. The predicted molar refractivity (Wildman–Crippen MR) is 112 cm³/mol. The molecular formula is C22H20N6O. The molecule has 0 aliphatic heterocycles. The molecule has 2 heterocycles. The maximum Gasteiger partial charge on any atom is 0.289 e. The van der Waals surface area contributed by atoms with Crippen molar-refractivity contribution in [1.29, 1.82) is 0 Å². The number of aryl methyl sites for hydroxylation is 1. The normalized spacial score (nSPS) is 11.1. The van der Waals surface area contributed by atoms with Crippen molar-refractivity contribution >= 4 is 12.1 Å². The molecule has 7 nitrogen and oxygen atoms in total. The Kier molecular flexibility index (Phi) is 5.03. The topological polar surface area (TPSA) is 88.0 Å². The van der Waals surface area contributed by atoms with Crippen LogP contribution >= 0.6 is 0 Å². The molecule has 144 valence electrons. The van der Waals surface area contributed by atoms with Gasteiger partial charge in [0.05, 0.1) is 29.0 Å². The number of benzene rings is 2. The lowest BCUT2D eigenvalue weighted by Crippen LogP contribution is -2.17. The SMILES string of the molecule is Cc1nn(-c2ccccc2)c(C)c1-c1cc(C(=O)N/N=C\c2ccccc2)[nH]n1. The van der Waals surface area contributed by atoms with Gasteiger partial charge in [-0.2, -0.15) is 15.3 Å². The van der Waals surface area contributed by atoms with Crippen LogP contribution in [-0.2, 0) is 0 Å². The zero-order valence-electron chi connectivity index (χ0n) is 16.1. The fourth-order valence-electron chi connectivity index (χ4n) is 3.16. The van der Waals surface area contributed by atoms with Crippen molar-refractivity contribution in [3.8, 4) is 16.9 Å². The van der Waals surface area contributed by atoms with Crippen molar-refractivity contribution in [1.82, 2.24) is 25.4 Å². The Morgan fingerprint density at radius 3 is 2.48 bits per heavy atom. The molecule has 7 heteroatoms. The number of para-hydroxylation sites is 1.